The number of amides is 1. The van der Waals surface area contributed by atoms with Crippen molar-refractivity contribution in [2.45, 2.75) is 45.3 Å². The third-order valence-corrected chi connectivity index (χ3v) is 5.82. The zero-order valence-electron chi connectivity index (χ0n) is 16.6. The summed E-state index contributed by atoms with van der Waals surface area (Å²) in [6.07, 6.45) is 1.06. The van der Waals surface area contributed by atoms with Crippen LogP contribution in [0.15, 0.2) is 54.6 Å². The quantitative estimate of drug-likeness (QED) is 0.826. The number of nitrogens with zero attached hydrogens (tertiary/aromatic N) is 1. The van der Waals surface area contributed by atoms with E-state index in [1.54, 1.807) is 0 Å². The van der Waals surface area contributed by atoms with Crippen molar-refractivity contribution in [2.75, 3.05) is 13.1 Å². The number of fused-ring (bicyclic) bond motifs is 1. The Morgan fingerprint density at radius 1 is 1.11 bits per heavy atom. The van der Waals surface area contributed by atoms with Crippen molar-refractivity contribution in [1.82, 2.24) is 10.2 Å². The molecule has 0 bridgehead atoms. The van der Waals surface area contributed by atoms with E-state index in [1.165, 1.54) is 11.1 Å². The molecule has 3 rings (SSSR count). The molecule has 1 amide bonds. The smallest absolute Gasteiger partial charge is 0.224 e. The number of nitrogens with two attached hydrogens (primary N) is 1. The average Bonchev–Trinajstić information content (AvgIpc) is 2.71. The minimum absolute atomic E-state index is 0.0110. The number of carbonyl (C=O) groups excluding carboxylic acids is 1. The first-order valence-electron chi connectivity index (χ1n) is 9.78. The van der Waals surface area contributed by atoms with Gasteiger partial charge in [-0.15, -0.1) is 0 Å². The lowest BCUT2D eigenvalue weighted by Crippen LogP contribution is -2.54. The van der Waals surface area contributed by atoms with Gasteiger partial charge in [0.25, 0.3) is 0 Å². The molecular weight excluding hydrogens is 334 g/mol. The first-order chi connectivity index (χ1) is 12.9. The van der Waals surface area contributed by atoms with Gasteiger partial charge in [-0.25, -0.2) is 0 Å². The van der Waals surface area contributed by atoms with Gasteiger partial charge in [0.1, 0.15) is 0 Å². The predicted molar refractivity (Wildman–Crippen MR) is 110 cm³/mol. The van der Waals surface area contributed by atoms with Crippen molar-refractivity contribution in [3.05, 3.63) is 71.3 Å². The van der Waals surface area contributed by atoms with Crippen LogP contribution >= 0.6 is 0 Å². The fraction of sp³-hybridized carbons (Fsp3) is 0.435. The number of carbonyl (C=O) groups is 1. The van der Waals surface area contributed by atoms with Gasteiger partial charge in [-0.1, -0.05) is 61.5 Å². The summed E-state index contributed by atoms with van der Waals surface area (Å²) >= 11 is 0. The maximum absolute atomic E-state index is 12.7. The number of benzene rings is 2. The lowest BCUT2D eigenvalue weighted by molar-refractivity contribution is -0.125. The fourth-order valence-corrected chi connectivity index (χ4v) is 3.72. The van der Waals surface area contributed by atoms with Crippen molar-refractivity contribution in [3.63, 3.8) is 0 Å². The van der Waals surface area contributed by atoms with Gasteiger partial charge in [0, 0.05) is 31.2 Å². The van der Waals surface area contributed by atoms with E-state index in [1.807, 2.05) is 37.3 Å². The summed E-state index contributed by atoms with van der Waals surface area (Å²) in [6, 6.07) is 18.2. The van der Waals surface area contributed by atoms with E-state index in [-0.39, 0.29) is 23.4 Å². The zero-order valence-corrected chi connectivity index (χ0v) is 16.6. The zero-order chi connectivity index (χ0) is 19.4. The van der Waals surface area contributed by atoms with Crippen molar-refractivity contribution >= 4 is 5.91 Å². The molecule has 0 aliphatic carbocycles. The molecule has 0 saturated heterocycles. The monoisotopic (exact) mass is 365 g/mol. The van der Waals surface area contributed by atoms with Crippen LogP contribution in [0.4, 0.5) is 0 Å². The van der Waals surface area contributed by atoms with Gasteiger partial charge in [0.05, 0.1) is 5.92 Å². The molecule has 0 fully saturated rings. The summed E-state index contributed by atoms with van der Waals surface area (Å²) in [7, 11) is 0. The summed E-state index contributed by atoms with van der Waals surface area (Å²) in [6.45, 7) is 8.85. The summed E-state index contributed by atoms with van der Waals surface area (Å²) in [5.41, 5.74) is 10.0. The lowest BCUT2D eigenvalue weighted by atomic mass is 9.92. The number of hydrogen-bond acceptors (Lipinski definition) is 3. The van der Waals surface area contributed by atoms with E-state index >= 15 is 0 Å². The second-order valence-electron chi connectivity index (χ2n) is 8.20. The number of nitrogens with one attached hydrogen (secondary N) is 1. The van der Waals surface area contributed by atoms with Gasteiger partial charge < -0.3 is 11.1 Å². The molecule has 27 heavy (non-hydrogen) atoms. The maximum atomic E-state index is 12.7. The highest BCUT2D eigenvalue weighted by Gasteiger charge is 2.31. The van der Waals surface area contributed by atoms with E-state index in [0.717, 1.165) is 25.1 Å². The van der Waals surface area contributed by atoms with Gasteiger partial charge in [0.2, 0.25) is 5.91 Å². The molecule has 2 aromatic carbocycles. The Morgan fingerprint density at radius 3 is 2.44 bits per heavy atom. The Hall–Kier alpha value is -2.17. The van der Waals surface area contributed by atoms with E-state index < -0.39 is 0 Å². The molecule has 144 valence electrons. The van der Waals surface area contributed by atoms with Gasteiger partial charge in [0.15, 0.2) is 0 Å². The fourth-order valence-electron chi connectivity index (χ4n) is 3.72. The molecule has 0 saturated carbocycles. The second-order valence-corrected chi connectivity index (χ2v) is 8.20. The third-order valence-electron chi connectivity index (χ3n) is 5.82. The average molecular weight is 366 g/mol. The first-order valence-corrected chi connectivity index (χ1v) is 9.78. The summed E-state index contributed by atoms with van der Waals surface area (Å²) in [5, 5.41) is 3.13. The van der Waals surface area contributed by atoms with Crippen LogP contribution in [0.2, 0.25) is 0 Å². The van der Waals surface area contributed by atoms with Gasteiger partial charge in [-0.3, -0.25) is 9.69 Å². The van der Waals surface area contributed by atoms with Gasteiger partial charge in [-0.05, 0) is 37.0 Å². The predicted octanol–water partition coefficient (Wildman–Crippen LogP) is 3.28. The molecule has 3 N–H and O–H groups in total. The van der Waals surface area contributed by atoms with Crippen LogP contribution in [0, 0.1) is 5.92 Å². The molecule has 2 unspecified atom stereocenters. The molecule has 0 radical (unpaired) electrons. The van der Waals surface area contributed by atoms with E-state index in [0.29, 0.717) is 6.54 Å². The summed E-state index contributed by atoms with van der Waals surface area (Å²) in [4.78, 5) is 15.1. The minimum atomic E-state index is -0.295. The number of rotatable bonds is 6. The van der Waals surface area contributed by atoms with Crippen LogP contribution < -0.4 is 11.1 Å². The van der Waals surface area contributed by atoms with Crippen LogP contribution in [0.3, 0.4) is 0 Å². The van der Waals surface area contributed by atoms with Crippen molar-refractivity contribution in [3.8, 4) is 0 Å². The Labute approximate surface area is 162 Å². The van der Waals surface area contributed by atoms with Crippen LogP contribution in [0.5, 0.6) is 0 Å². The van der Waals surface area contributed by atoms with E-state index in [2.05, 4.69) is 48.3 Å². The lowest BCUT2D eigenvalue weighted by Gasteiger charge is -2.42. The standard InChI is InChI=1S/C23H31N3O/c1-17(21(24)19-10-5-4-6-11-19)22(27)25-16-23(2,3)26-14-13-18-9-7-8-12-20(18)15-26/h4-12,17,21H,13-16,24H2,1-3H3,(H,25,27). The largest absolute Gasteiger partial charge is 0.354 e. The maximum Gasteiger partial charge on any atom is 0.224 e. The van der Waals surface area contributed by atoms with Gasteiger partial charge >= 0.3 is 0 Å². The molecule has 4 heteroatoms. The molecule has 2 atom stereocenters. The highest BCUT2D eigenvalue weighted by Crippen LogP contribution is 2.25. The molecule has 0 spiro atoms. The molecule has 1 heterocycles. The van der Waals surface area contributed by atoms with Gasteiger partial charge in [-0.2, -0.15) is 0 Å². The normalized spacial score (nSPS) is 17.0. The number of hydrogen-bond donors (Lipinski definition) is 2. The Kier molecular flexibility index (Phi) is 5.98. The Morgan fingerprint density at radius 2 is 1.74 bits per heavy atom. The molecule has 2 aromatic rings. The first kappa shape index (κ1) is 19.6. The second kappa shape index (κ2) is 8.24. The molecule has 1 aliphatic heterocycles. The minimum Gasteiger partial charge on any atom is -0.354 e. The van der Waals surface area contributed by atoms with Crippen molar-refractivity contribution in [1.29, 1.82) is 0 Å². The highest BCUT2D eigenvalue weighted by atomic mass is 16.1. The SMILES string of the molecule is CC(C(=O)NCC(C)(C)N1CCc2ccccc2C1)C(N)c1ccccc1. The molecule has 0 aromatic heterocycles. The topological polar surface area (TPSA) is 58.4 Å². The van der Waals surface area contributed by atoms with E-state index in [9.17, 15) is 4.79 Å². The summed E-state index contributed by atoms with van der Waals surface area (Å²) < 4.78 is 0. The van der Waals surface area contributed by atoms with Crippen LogP contribution in [0.25, 0.3) is 0 Å². The Bertz CT molecular complexity index is 772. The Balaban J connectivity index is 1.57. The van der Waals surface area contributed by atoms with E-state index in [4.69, 9.17) is 5.73 Å². The molecular formula is C23H31N3O. The third kappa shape index (κ3) is 4.57. The van der Waals surface area contributed by atoms with Crippen LogP contribution in [0.1, 0.15) is 43.5 Å². The highest BCUT2D eigenvalue weighted by molar-refractivity contribution is 5.79. The van der Waals surface area contributed by atoms with Crippen LogP contribution in [-0.2, 0) is 17.8 Å². The molecule has 4 nitrogen and oxygen atoms in total. The molecule has 1 aliphatic rings. The van der Waals surface area contributed by atoms with Crippen molar-refractivity contribution < 1.29 is 4.79 Å². The van der Waals surface area contributed by atoms with Crippen LogP contribution in [-0.4, -0.2) is 29.4 Å². The summed E-state index contributed by atoms with van der Waals surface area (Å²) in [5.74, 6) is -0.262. The van der Waals surface area contributed by atoms with Crippen molar-refractivity contribution in [2.24, 2.45) is 11.7 Å².